The van der Waals surface area contributed by atoms with Crippen molar-refractivity contribution in [3.63, 3.8) is 0 Å². The third-order valence-electron chi connectivity index (χ3n) is 3.71. The molecular weight excluding hydrogens is 325 g/mol. The molecule has 1 aliphatic heterocycles. The average Bonchev–Trinajstić information content (AvgIpc) is 2.86. The third-order valence-corrected chi connectivity index (χ3v) is 4.03. The van der Waals surface area contributed by atoms with E-state index in [1.807, 2.05) is 26.1 Å². The zero-order valence-electron chi connectivity index (χ0n) is 12.6. The molecule has 0 radical (unpaired) electrons. The fourth-order valence-electron chi connectivity index (χ4n) is 2.29. The lowest BCUT2D eigenvalue weighted by Crippen LogP contribution is -2.40. The highest BCUT2D eigenvalue weighted by atomic mass is 35.5. The lowest BCUT2D eigenvalue weighted by molar-refractivity contribution is -0.126. The molecule has 122 valence electrons. The Bertz CT molecular complexity index is 539. The van der Waals surface area contributed by atoms with Gasteiger partial charge in [-0.15, -0.1) is 12.4 Å². The Hall–Kier alpha value is -1.30. The van der Waals surface area contributed by atoms with Crippen LogP contribution in [0, 0.1) is 5.92 Å². The van der Waals surface area contributed by atoms with Gasteiger partial charge in [-0.2, -0.15) is 0 Å². The van der Waals surface area contributed by atoms with Crippen molar-refractivity contribution < 1.29 is 9.59 Å². The molecule has 0 aliphatic carbocycles. The van der Waals surface area contributed by atoms with E-state index in [0.29, 0.717) is 23.8 Å². The van der Waals surface area contributed by atoms with Crippen LogP contribution in [0.1, 0.15) is 13.3 Å². The minimum absolute atomic E-state index is 0. The largest absolute Gasteiger partial charge is 0.354 e. The van der Waals surface area contributed by atoms with E-state index >= 15 is 0 Å². The van der Waals surface area contributed by atoms with Crippen LogP contribution in [0.15, 0.2) is 24.3 Å². The number of nitrogens with zero attached hydrogens (tertiary/aromatic N) is 1. The van der Waals surface area contributed by atoms with E-state index in [2.05, 4.69) is 10.6 Å². The lowest BCUT2D eigenvalue weighted by atomic mass is 10.1. The molecule has 1 fully saturated rings. The number of hydrogen-bond donors (Lipinski definition) is 2. The summed E-state index contributed by atoms with van der Waals surface area (Å²) in [5.74, 6) is -0.470. The summed E-state index contributed by atoms with van der Waals surface area (Å²) in [6.07, 6.45) is 0.227. The van der Waals surface area contributed by atoms with Crippen LogP contribution in [0.2, 0.25) is 5.02 Å². The standard InChI is InChI=1S/C15H20ClN3O2.ClH/c1-10(17-2)8-18-15(21)11-7-14(20)19(9-11)13-6-4-3-5-12(13)16;/h3-6,10-11,17H,7-9H2,1-2H3,(H,18,21);1H. The van der Waals surface area contributed by atoms with Crippen molar-refractivity contribution in [2.75, 3.05) is 25.0 Å². The summed E-state index contributed by atoms with van der Waals surface area (Å²) in [4.78, 5) is 25.8. The molecule has 5 nitrogen and oxygen atoms in total. The molecule has 2 atom stereocenters. The number of nitrogens with one attached hydrogen (secondary N) is 2. The second-order valence-electron chi connectivity index (χ2n) is 5.29. The van der Waals surface area contributed by atoms with Gasteiger partial charge in [-0.1, -0.05) is 23.7 Å². The molecule has 2 unspecified atom stereocenters. The van der Waals surface area contributed by atoms with Crippen LogP contribution >= 0.6 is 24.0 Å². The number of rotatable bonds is 5. The second kappa shape index (κ2) is 8.36. The minimum atomic E-state index is -0.321. The predicted octanol–water partition coefficient (Wildman–Crippen LogP) is 1.84. The molecule has 22 heavy (non-hydrogen) atoms. The van der Waals surface area contributed by atoms with E-state index < -0.39 is 0 Å². The third kappa shape index (κ3) is 4.35. The van der Waals surface area contributed by atoms with Gasteiger partial charge in [0.05, 0.1) is 16.6 Å². The maximum Gasteiger partial charge on any atom is 0.227 e. The van der Waals surface area contributed by atoms with Gasteiger partial charge in [0, 0.05) is 25.6 Å². The first-order valence-corrected chi connectivity index (χ1v) is 7.40. The highest BCUT2D eigenvalue weighted by molar-refractivity contribution is 6.33. The molecule has 1 aliphatic rings. The molecule has 0 aromatic heterocycles. The Kier molecular flexibility index (Phi) is 7.13. The summed E-state index contributed by atoms with van der Waals surface area (Å²) >= 11 is 6.12. The molecule has 2 amide bonds. The molecule has 7 heteroatoms. The number of carbonyl (C=O) groups excluding carboxylic acids is 2. The molecule has 2 N–H and O–H groups in total. The summed E-state index contributed by atoms with van der Waals surface area (Å²) in [7, 11) is 1.84. The number of amides is 2. The van der Waals surface area contributed by atoms with Crippen LogP contribution in [0.3, 0.4) is 0 Å². The molecule has 1 saturated heterocycles. The Labute approximate surface area is 141 Å². The number of hydrogen-bond acceptors (Lipinski definition) is 3. The molecule has 1 heterocycles. The van der Waals surface area contributed by atoms with Crippen LogP contribution in [0.4, 0.5) is 5.69 Å². The van der Waals surface area contributed by atoms with Gasteiger partial charge < -0.3 is 15.5 Å². The molecule has 0 spiro atoms. The van der Waals surface area contributed by atoms with Gasteiger partial charge in [0.25, 0.3) is 0 Å². The minimum Gasteiger partial charge on any atom is -0.354 e. The van der Waals surface area contributed by atoms with Crippen molar-refractivity contribution in [2.45, 2.75) is 19.4 Å². The van der Waals surface area contributed by atoms with Gasteiger partial charge in [0.15, 0.2) is 0 Å². The fraction of sp³-hybridized carbons (Fsp3) is 0.467. The smallest absolute Gasteiger partial charge is 0.227 e. The van der Waals surface area contributed by atoms with Crippen molar-refractivity contribution in [2.24, 2.45) is 5.92 Å². The zero-order chi connectivity index (χ0) is 15.4. The van der Waals surface area contributed by atoms with Gasteiger partial charge in [-0.3, -0.25) is 9.59 Å². The number of benzene rings is 1. The zero-order valence-corrected chi connectivity index (χ0v) is 14.2. The van der Waals surface area contributed by atoms with Gasteiger partial charge >= 0.3 is 0 Å². The first-order valence-electron chi connectivity index (χ1n) is 7.02. The summed E-state index contributed by atoms with van der Waals surface area (Å²) in [6, 6.07) is 7.38. The van der Waals surface area contributed by atoms with Crippen LogP contribution < -0.4 is 15.5 Å². The number of para-hydroxylation sites is 1. The topological polar surface area (TPSA) is 61.4 Å². The average molecular weight is 346 g/mol. The van der Waals surface area contributed by atoms with Crippen molar-refractivity contribution in [1.29, 1.82) is 0 Å². The van der Waals surface area contributed by atoms with Crippen molar-refractivity contribution >= 4 is 41.5 Å². The summed E-state index contributed by atoms with van der Waals surface area (Å²) < 4.78 is 0. The molecule has 0 saturated carbocycles. The van der Waals surface area contributed by atoms with E-state index in [-0.39, 0.29) is 42.6 Å². The van der Waals surface area contributed by atoms with Crippen molar-refractivity contribution in [3.05, 3.63) is 29.3 Å². The van der Waals surface area contributed by atoms with Gasteiger partial charge in [0.1, 0.15) is 0 Å². The Morgan fingerprint density at radius 2 is 2.14 bits per heavy atom. The summed E-state index contributed by atoms with van der Waals surface area (Å²) in [5.41, 5.74) is 0.669. The van der Waals surface area contributed by atoms with Crippen molar-refractivity contribution in [3.8, 4) is 0 Å². The van der Waals surface area contributed by atoms with Crippen LogP contribution in [-0.4, -0.2) is 38.0 Å². The van der Waals surface area contributed by atoms with E-state index in [9.17, 15) is 9.59 Å². The normalized spacial score (nSPS) is 18.8. The lowest BCUT2D eigenvalue weighted by Gasteiger charge is -2.18. The molecular formula is C15H21Cl2N3O2. The Balaban J connectivity index is 0.00000242. The first-order chi connectivity index (χ1) is 10.0. The first kappa shape index (κ1) is 18.7. The van der Waals surface area contributed by atoms with Crippen LogP contribution in [-0.2, 0) is 9.59 Å². The quantitative estimate of drug-likeness (QED) is 0.855. The summed E-state index contributed by atoms with van der Waals surface area (Å²) in [5, 5.41) is 6.45. The molecule has 0 bridgehead atoms. The monoisotopic (exact) mass is 345 g/mol. The number of likely N-dealkylation sites (N-methyl/N-ethyl adjacent to an activating group) is 1. The van der Waals surface area contributed by atoms with E-state index in [1.54, 1.807) is 17.0 Å². The van der Waals surface area contributed by atoms with E-state index in [1.165, 1.54) is 0 Å². The Morgan fingerprint density at radius 3 is 2.77 bits per heavy atom. The van der Waals surface area contributed by atoms with Gasteiger partial charge in [0.2, 0.25) is 11.8 Å². The SMILES string of the molecule is CNC(C)CNC(=O)C1CC(=O)N(c2ccccc2Cl)C1.Cl. The highest BCUT2D eigenvalue weighted by Gasteiger charge is 2.35. The van der Waals surface area contributed by atoms with E-state index in [4.69, 9.17) is 11.6 Å². The number of carbonyl (C=O) groups is 2. The maximum atomic E-state index is 12.1. The molecule has 2 rings (SSSR count). The molecule has 1 aromatic rings. The fourth-order valence-corrected chi connectivity index (χ4v) is 2.52. The van der Waals surface area contributed by atoms with Gasteiger partial charge in [-0.05, 0) is 26.1 Å². The number of halogens is 2. The highest BCUT2D eigenvalue weighted by Crippen LogP contribution is 2.30. The number of anilines is 1. The van der Waals surface area contributed by atoms with Gasteiger partial charge in [-0.25, -0.2) is 0 Å². The predicted molar refractivity (Wildman–Crippen MR) is 90.7 cm³/mol. The Morgan fingerprint density at radius 1 is 1.45 bits per heavy atom. The van der Waals surface area contributed by atoms with Crippen LogP contribution in [0.5, 0.6) is 0 Å². The van der Waals surface area contributed by atoms with Crippen molar-refractivity contribution in [1.82, 2.24) is 10.6 Å². The van der Waals surface area contributed by atoms with E-state index in [0.717, 1.165) is 0 Å². The maximum absolute atomic E-state index is 12.1. The second-order valence-corrected chi connectivity index (χ2v) is 5.70. The van der Waals surface area contributed by atoms with Crippen LogP contribution in [0.25, 0.3) is 0 Å². The molecule has 1 aromatic carbocycles. The summed E-state index contributed by atoms with van der Waals surface area (Å²) in [6.45, 7) is 2.91.